The molecule has 0 aromatic heterocycles. The van der Waals surface area contributed by atoms with Crippen molar-refractivity contribution in [3.05, 3.63) is 58.2 Å². The van der Waals surface area contributed by atoms with Crippen LogP contribution in [-0.2, 0) is 38.0 Å². The smallest absolute Gasteiger partial charge is 0.407 e. The maximum atomic E-state index is 15.9. The van der Waals surface area contributed by atoms with Gasteiger partial charge in [-0.1, -0.05) is 59.3 Å². The summed E-state index contributed by atoms with van der Waals surface area (Å²) >= 11 is 0. The van der Waals surface area contributed by atoms with E-state index in [2.05, 4.69) is 26.1 Å². The van der Waals surface area contributed by atoms with Crippen molar-refractivity contribution in [1.82, 2.24) is 5.32 Å². The highest BCUT2D eigenvalue weighted by Gasteiger charge is 2.49. The van der Waals surface area contributed by atoms with Crippen molar-refractivity contribution in [2.75, 3.05) is 0 Å². The van der Waals surface area contributed by atoms with Crippen LogP contribution in [0.3, 0.4) is 0 Å². The second kappa shape index (κ2) is 15.5. The van der Waals surface area contributed by atoms with E-state index >= 15 is 8.78 Å². The highest BCUT2D eigenvalue weighted by atomic mass is 19.1. The Bertz CT molecular complexity index is 1790. The SMILES string of the molecule is C[C@H]1[C@H]2CCCCC[C@]1(C)c1cc(OC(=O)C3CCC(C(=O)Oc4cc(F)c5c(c4)[C@@]4(C)CCCCC[C@@H](C5)[C@@H]4NC(=O)OC(C)(C)C)CC3)cc(F)c1C2. The molecule has 7 nitrogen and oxygen atoms in total. The number of benzene rings is 2. The summed E-state index contributed by atoms with van der Waals surface area (Å²) in [4.78, 5) is 40.0. The van der Waals surface area contributed by atoms with Gasteiger partial charge in [0.2, 0.25) is 0 Å². The number of alkyl carbamates (subject to hydrolysis) is 1. The predicted octanol–water partition coefficient (Wildman–Crippen LogP) is 10.6. The van der Waals surface area contributed by atoms with Crippen LogP contribution in [-0.4, -0.2) is 29.7 Å². The maximum Gasteiger partial charge on any atom is 0.407 e. The molecule has 1 amide bonds. The van der Waals surface area contributed by atoms with Gasteiger partial charge >= 0.3 is 18.0 Å². The molecular formula is C46H61F2NO6. The Hall–Kier alpha value is -3.49. The molecule has 0 unspecified atom stereocenters. The molecule has 5 aliphatic rings. The van der Waals surface area contributed by atoms with E-state index in [0.29, 0.717) is 49.5 Å². The van der Waals surface area contributed by atoms with Crippen molar-refractivity contribution in [3.63, 3.8) is 0 Å². The topological polar surface area (TPSA) is 90.9 Å². The Morgan fingerprint density at radius 2 is 1.15 bits per heavy atom. The maximum absolute atomic E-state index is 15.9. The summed E-state index contributed by atoms with van der Waals surface area (Å²) in [5.74, 6) is -1.000. The molecule has 300 valence electrons. The van der Waals surface area contributed by atoms with Crippen LogP contribution < -0.4 is 14.8 Å². The number of ether oxygens (including phenoxy) is 3. The van der Waals surface area contributed by atoms with Crippen molar-refractivity contribution >= 4 is 18.0 Å². The lowest BCUT2D eigenvalue weighted by molar-refractivity contribution is -0.145. The van der Waals surface area contributed by atoms with Crippen LogP contribution in [0.25, 0.3) is 0 Å². The second-order valence-electron chi connectivity index (χ2n) is 19.1. The molecule has 0 saturated heterocycles. The molecule has 0 radical (unpaired) electrons. The Balaban J connectivity index is 1.01. The number of hydrogen-bond acceptors (Lipinski definition) is 6. The molecule has 0 spiro atoms. The number of nitrogens with one attached hydrogen (secondary N) is 1. The van der Waals surface area contributed by atoms with Gasteiger partial charge in [-0.15, -0.1) is 0 Å². The molecule has 9 heteroatoms. The largest absolute Gasteiger partial charge is 0.444 e. The Morgan fingerprint density at radius 3 is 1.67 bits per heavy atom. The van der Waals surface area contributed by atoms with E-state index < -0.39 is 46.7 Å². The lowest BCUT2D eigenvalue weighted by Gasteiger charge is -2.49. The van der Waals surface area contributed by atoms with Crippen LogP contribution in [0.15, 0.2) is 24.3 Å². The summed E-state index contributed by atoms with van der Waals surface area (Å²) in [7, 11) is 0. The first kappa shape index (κ1) is 39.7. The van der Waals surface area contributed by atoms with E-state index in [1.807, 2.05) is 26.8 Å². The normalized spacial score (nSPS) is 31.9. The number of amides is 1. The van der Waals surface area contributed by atoms with Crippen LogP contribution in [0.5, 0.6) is 11.5 Å². The van der Waals surface area contributed by atoms with Gasteiger partial charge in [0.15, 0.2) is 0 Å². The Morgan fingerprint density at radius 1 is 0.673 bits per heavy atom. The lowest BCUT2D eigenvalue weighted by atomic mass is 9.57. The monoisotopic (exact) mass is 761 g/mol. The first-order chi connectivity index (χ1) is 26.1. The minimum Gasteiger partial charge on any atom is -0.444 e. The fourth-order valence-corrected chi connectivity index (χ4v) is 11.1. The van der Waals surface area contributed by atoms with Crippen LogP contribution in [0.2, 0.25) is 0 Å². The van der Waals surface area contributed by atoms with Gasteiger partial charge in [-0.3, -0.25) is 9.59 Å². The molecular weight excluding hydrogens is 701 g/mol. The van der Waals surface area contributed by atoms with Gasteiger partial charge in [-0.25, -0.2) is 13.6 Å². The fourth-order valence-electron chi connectivity index (χ4n) is 11.1. The quantitative estimate of drug-likeness (QED) is 0.241. The van der Waals surface area contributed by atoms with E-state index in [9.17, 15) is 14.4 Å². The second-order valence-corrected chi connectivity index (χ2v) is 19.1. The third-order valence-corrected chi connectivity index (χ3v) is 14.4. The van der Waals surface area contributed by atoms with Crippen LogP contribution in [0, 0.1) is 41.2 Å². The highest BCUT2D eigenvalue weighted by molar-refractivity contribution is 5.78. The van der Waals surface area contributed by atoms with Crippen LogP contribution >= 0.6 is 0 Å². The molecule has 0 aliphatic heterocycles. The number of hydrogen-bond donors (Lipinski definition) is 1. The first-order valence-corrected chi connectivity index (χ1v) is 21.1. The molecule has 55 heavy (non-hydrogen) atoms. The molecule has 7 rings (SSSR count). The molecule has 3 saturated carbocycles. The average Bonchev–Trinajstić information content (AvgIpc) is 3.11. The van der Waals surface area contributed by atoms with Gasteiger partial charge in [-0.05, 0) is 143 Å². The molecule has 1 N–H and O–H groups in total. The summed E-state index contributed by atoms with van der Waals surface area (Å²) in [5, 5.41) is 3.17. The summed E-state index contributed by atoms with van der Waals surface area (Å²) in [6.07, 6.45) is 12.8. The number of fused-ring (bicyclic) bond motifs is 8. The van der Waals surface area contributed by atoms with E-state index in [1.165, 1.54) is 25.0 Å². The minimum atomic E-state index is -0.649. The standard InChI is InChI=1S/C46H61F2NO6/c1-27-30-13-9-7-11-19-45(27,5)36-23-32(25-38(47)34(36)21-30)53-41(50)28-15-17-29(18-16-28)42(51)54-33-24-37-35(39(48)26-33)22-31-14-10-8-12-20-46(37,6)40(31)49-43(52)55-44(2,3)4/h23-31,40H,7-22H2,1-6H3,(H,49,52)/t27-,28?,29?,30-,31-,40-,45-,46+/m0/s1. The van der Waals surface area contributed by atoms with Crippen molar-refractivity contribution in [2.24, 2.45) is 29.6 Å². The van der Waals surface area contributed by atoms with Crippen molar-refractivity contribution in [3.8, 4) is 11.5 Å². The Labute approximate surface area is 326 Å². The van der Waals surface area contributed by atoms with Crippen molar-refractivity contribution < 1.29 is 37.4 Å². The molecule has 0 heterocycles. The number of halogens is 2. The predicted molar refractivity (Wildman–Crippen MR) is 207 cm³/mol. The van der Waals surface area contributed by atoms with Gasteiger partial charge < -0.3 is 19.5 Å². The molecule has 4 bridgehead atoms. The number of carbonyl (C=O) groups excluding carboxylic acids is 3. The third-order valence-electron chi connectivity index (χ3n) is 14.4. The molecule has 2 aromatic carbocycles. The number of rotatable bonds is 5. The van der Waals surface area contributed by atoms with Gasteiger partial charge in [0.05, 0.1) is 11.8 Å². The number of carbonyl (C=O) groups is 3. The average molecular weight is 762 g/mol. The van der Waals surface area contributed by atoms with Crippen molar-refractivity contribution in [2.45, 2.75) is 167 Å². The van der Waals surface area contributed by atoms with Gasteiger partial charge in [0.1, 0.15) is 28.7 Å². The van der Waals surface area contributed by atoms with Crippen molar-refractivity contribution in [1.29, 1.82) is 0 Å². The molecule has 3 fully saturated rings. The molecule has 5 aliphatic carbocycles. The molecule has 6 atom stereocenters. The zero-order valence-corrected chi connectivity index (χ0v) is 33.8. The van der Waals surface area contributed by atoms with E-state index in [0.717, 1.165) is 74.5 Å². The van der Waals surface area contributed by atoms with E-state index in [1.54, 1.807) is 6.07 Å². The zero-order chi connectivity index (χ0) is 39.3. The summed E-state index contributed by atoms with van der Waals surface area (Å²) in [5.41, 5.74) is 1.79. The van der Waals surface area contributed by atoms with Crippen LogP contribution in [0.1, 0.15) is 154 Å². The summed E-state index contributed by atoms with van der Waals surface area (Å²) in [6, 6.07) is 6.16. The van der Waals surface area contributed by atoms with Gasteiger partial charge in [0, 0.05) is 23.6 Å². The van der Waals surface area contributed by atoms with Gasteiger partial charge in [0.25, 0.3) is 0 Å². The summed E-state index contributed by atoms with van der Waals surface area (Å²) < 4.78 is 49.0. The highest BCUT2D eigenvalue weighted by Crippen LogP contribution is 2.52. The third kappa shape index (κ3) is 8.05. The minimum absolute atomic E-state index is 0.0576. The zero-order valence-electron chi connectivity index (χ0n) is 33.8. The summed E-state index contributed by atoms with van der Waals surface area (Å²) in [6.45, 7) is 12.1. The van der Waals surface area contributed by atoms with Crippen LogP contribution in [0.4, 0.5) is 13.6 Å². The van der Waals surface area contributed by atoms with E-state index in [4.69, 9.17) is 14.2 Å². The fraction of sp³-hybridized carbons (Fsp3) is 0.674. The molecule has 2 aromatic rings. The van der Waals surface area contributed by atoms with Gasteiger partial charge in [-0.2, -0.15) is 0 Å². The Kier molecular flexibility index (Phi) is 11.2. The number of esters is 2. The lowest BCUT2D eigenvalue weighted by Crippen LogP contribution is -2.57. The van der Waals surface area contributed by atoms with E-state index in [-0.39, 0.29) is 34.7 Å². The first-order valence-electron chi connectivity index (χ1n) is 21.1.